The number of rotatable bonds is 5. The minimum absolute atomic E-state index is 0.0312. The van der Waals surface area contributed by atoms with E-state index in [2.05, 4.69) is 0 Å². The molecule has 0 aliphatic carbocycles. The molecule has 0 heterocycles. The molecule has 0 rings (SSSR count). The number of carbonyl (C=O) groups is 1. The second kappa shape index (κ2) is 6.62. The molecule has 0 aliphatic heterocycles. The quantitative estimate of drug-likeness (QED) is 0.308. The SMILES string of the molecule is CC(C)N(N)C(=O)OCCCN(C)C. The van der Waals surface area contributed by atoms with E-state index in [-0.39, 0.29) is 6.04 Å². The van der Waals surface area contributed by atoms with Gasteiger partial charge in [-0.3, -0.25) is 0 Å². The average Bonchev–Trinajstić information content (AvgIpc) is 2.10. The van der Waals surface area contributed by atoms with Crippen molar-refractivity contribution in [2.75, 3.05) is 27.2 Å². The van der Waals surface area contributed by atoms with Crippen molar-refractivity contribution in [3.63, 3.8) is 0 Å². The van der Waals surface area contributed by atoms with Crippen molar-refractivity contribution in [1.29, 1.82) is 0 Å². The van der Waals surface area contributed by atoms with Crippen molar-refractivity contribution in [2.24, 2.45) is 5.84 Å². The van der Waals surface area contributed by atoms with Gasteiger partial charge in [0.15, 0.2) is 0 Å². The first-order chi connectivity index (χ1) is 6.45. The highest BCUT2D eigenvalue weighted by Gasteiger charge is 2.13. The van der Waals surface area contributed by atoms with E-state index in [1.54, 1.807) is 0 Å². The molecule has 0 aliphatic rings. The molecule has 0 aromatic heterocycles. The highest BCUT2D eigenvalue weighted by atomic mass is 16.6. The van der Waals surface area contributed by atoms with Gasteiger partial charge in [0, 0.05) is 12.6 Å². The van der Waals surface area contributed by atoms with Crippen molar-refractivity contribution in [1.82, 2.24) is 9.91 Å². The van der Waals surface area contributed by atoms with Crippen molar-refractivity contribution in [2.45, 2.75) is 26.3 Å². The van der Waals surface area contributed by atoms with Crippen LogP contribution in [-0.2, 0) is 4.74 Å². The second-order valence-corrected chi connectivity index (χ2v) is 3.77. The Balaban J connectivity index is 3.54. The van der Waals surface area contributed by atoms with Gasteiger partial charge < -0.3 is 9.64 Å². The van der Waals surface area contributed by atoms with E-state index < -0.39 is 6.09 Å². The lowest BCUT2D eigenvalue weighted by atomic mass is 10.4. The number of carbonyl (C=O) groups excluding carboxylic acids is 1. The minimum atomic E-state index is -0.459. The first-order valence-electron chi connectivity index (χ1n) is 4.80. The van der Waals surface area contributed by atoms with E-state index in [4.69, 9.17) is 10.6 Å². The van der Waals surface area contributed by atoms with Crippen molar-refractivity contribution < 1.29 is 9.53 Å². The Morgan fingerprint density at radius 1 is 1.43 bits per heavy atom. The van der Waals surface area contributed by atoms with E-state index in [9.17, 15) is 4.79 Å². The summed E-state index contributed by atoms with van der Waals surface area (Å²) in [6.07, 6.45) is 0.365. The lowest BCUT2D eigenvalue weighted by Gasteiger charge is -2.20. The van der Waals surface area contributed by atoms with Gasteiger partial charge in [-0.2, -0.15) is 0 Å². The molecule has 2 N–H and O–H groups in total. The maximum atomic E-state index is 11.2. The molecule has 0 saturated heterocycles. The Labute approximate surface area is 85.8 Å². The van der Waals surface area contributed by atoms with Crippen LogP contribution in [0.25, 0.3) is 0 Å². The average molecular weight is 203 g/mol. The van der Waals surface area contributed by atoms with Crippen LogP contribution in [-0.4, -0.2) is 49.3 Å². The zero-order valence-corrected chi connectivity index (χ0v) is 9.49. The van der Waals surface area contributed by atoms with Crippen molar-refractivity contribution in [3.8, 4) is 0 Å². The summed E-state index contributed by atoms with van der Waals surface area (Å²) in [6.45, 7) is 4.99. The third-order valence-corrected chi connectivity index (χ3v) is 1.74. The highest BCUT2D eigenvalue weighted by molar-refractivity contribution is 5.67. The largest absolute Gasteiger partial charge is 0.448 e. The van der Waals surface area contributed by atoms with Gasteiger partial charge in [0.2, 0.25) is 0 Å². The van der Waals surface area contributed by atoms with Crippen LogP contribution in [0.1, 0.15) is 20.3 Å². The summed E-state index contributed by atoms with van der Waals surface area (Å²) in [6, 6.07) is -0.0312. The fourth-order valence-electron chi connectivity index (χ4n) is 0.826. The zero-order valence-electron chi connectivity index (χ0n) is 9.49. The number of amides is 1. The molecular formula is C9H21N3O2. The lowest BCUT2D eigenvalue weighted by molar-refractivity contribution is 0.0890. The molecule has 84 valence electrons. The van der Waals surface area contributed by atoms with Crippen LogP contribution in [0.5, 0.6) is 0 Å². The van der Waals surface area contributed by atoms with Gasteiger partial charge >= 0.3 is 6.09 Å². The molecule has 0 atom stereocenters. The van der Waals surface area contributed by atoms with Crippen molar-refractivity contribution >= 4 is 6.09 Å². The van der Waals surface area contributed by atoms with Gasteiger partial charge in [-0.25, -0.2) is 15.6 Å². The Morgan fingerprint density at radius 2 is 2.00 bits per heavy atom. The number of ether oxygens (including phenoxy) is 1. The Bertz CT molecular complexity index is 171. The molecule has 0 unspecified atom stereocenters. The van der Waals surface area contributed by atoms with E-state index in [0.29, 0.717) is 6.61 Å². The molecule has 0 aromatic rings. The molecule has 0 bridgehead atoms. The van der Waals surface area contributed by atoms with E-state index >= 15 is 0 Å². The third-order valence-electron chi connectivity index (χ3n) is 1.74. The molecule has 5 heteroatoms. The van der Waals surface area contributed by atoms with Crippen molar-refractivity contribution in [3.05, 3.63) is 0 Å². The normalized spacial score (nSPS) is 10.8. The van der Waals surface area contributed by atoms with E-state index in [0.717, 1.165) is 18.0 Å². The van der Waals surface area contributed by atoms with Gasteiger partial charge in [0.1, 0.15) is 0 Å². The van der Waals surface area contributed by atoms with Gasteiger partial charge in [0.25, 0.3) is 0 Å². The van der Waals surface area contributed by atoms with Crippen LogP contribution in [0, 0.1) is 0 Å². The molecule has 0 aromatic carbocycles. The lowest BCUT2D eigenvalue weighted by Crippen LogP contribution is -2.43. The predicted octanol–water partition coefficient (Wildman–Crippen LogP) is 0.659. The maximum Gasteiger partial charge on any atom is 0.424 e. The minimum Gasteiger partial charge on any atom is -0.448 e. The van der Waals surface area contributed by atoms with Gasteiger partial charge in [0.05, 0.1) is 6.61 Å². The van der Waals surface area contributed by atoms with E-state index in [1.807, 2.05) is 32.8 Å². The van der Waals surface area contributed by atoms with Crippen LogP contribution in [0.15, 0.2) is 0 Å². The van der Waals surface area contributed by atoms with E-state index in [1.165, 1.54) is 0 Å². The van der Waals surface area contributed by atoms with Crippen LogP contribution < -0.4 is 5.84 Å². The smallest absolute Gasteiger partial charge is 0.424 e. The molecule has 0 fully saturated rings. The number of nitrogens with zero attached hydrogens (tertiary/aromatic N) is 2. The number of nitrogens with two attached hydrogens (primary N) is 1. The molecule has 0 spiro atoms. The molecular weight excluding hydrogens is 182 g/mol. The van der Waals surface area contributed by atoms with Gasteiger partial charge in [-0.15, -0.1) is 0 Å². The standard InChI is InChI=1S/C9H21N3O2/c1-8(2)12(10)9(13)14-7-5-6-11(3)4/h8H,5-7,10H2,1-4H3. The summed E-state index contributed by atoms with van der Waals surface area (Å²) >= 11 is 0. The maximum absolute atomic E-state index is 11.2. The molecule has 0 saturated carbocycles. The van der Waals surface area contributed by atoms with Crippen LogP contribution in [0.2, 0.25) is 0 Å². The fourth-order valence-corrected chi connectivity index (χ4v) is 0.826. The van der Waals surface area contributed by atoms with Crippen LogP contribution >= 0.6 is 0 Å². The number of hydrazine groups is 1. The summed E-state index contributed by atoms with van der Waals surface area (Å²) in [5, 5.41) is 1.09. The highest BCUT2D eigenvalue weighted by Crippen LogP contribution is 1.95. The number of hydrogen-bond donors (Lipinski definition) is 1. The second-order valence-electron chi connectivity index (χ2n) is 3.77. The molecule has 5 nitrogen and oxygen atoms in total. The third kappa shape index (κ3) is 5.77. The van der Waals surface area contributed by atoms with Crippen LogP contribution in [0.4, 0.5) is 4.79 Å². The zero-order chi connectivity index (χ0) is 11.1. The first kappa shape index (κ1) is 13.2. The molecule has 0 radical (unpaired) electrons. The monoisotopic (exact) mass is 203 g/mol. The summed E-state index contributed by atoms with van der Waals surface area (Å²) in [5.41, 5.74) is 0. The Morgan fingerprint density at radius 3 is 2.43 bits per heavy atom. The summed E-state index contributed by atoms with van der Waals surface area (Å²) < 4.78 is 4.95. The number of hydrogen-bond acceptors (Lipinski definition) is 4. The van der Waals surface area contributed by atoms with Crippen LogP contribution in [0.3, 0.4) is 0 Å². The first-order valence-corrected chi connectivity index (χ1v) is 4.80. The Kier molecular flexibility index (Phi) is 6.23. The van der Waals surface area contributed by atoms with Gasteiger partial charge in [-0.1, -0.05) is 0 Å². The summed E-state index contributed by atoms with van der Waals surface area (Å²) in [4.78, 5) is 13.2. The topological polar surface area (TPSA) is 58.8 Å². The predicted molar refractivity (Wildman–Crippen MR) is 55.7 cm³/mol. The summed E-state index contributed by atoms with van der Waals surface area (Å²) in [7, 11) is 3.95. The molecule has 1 amide bonds. The van der Waals surface area contributed by atoms with Gasteiger partial charge in [-0.05, 0) is 34.4 Å². The fraction of sp³-hybridized carbons (Fsp3) is 0.889. The molecule has 14 heavy (non-hydrogen) atoms. The summed E-state index contributed by atoms with van der Waals surface area (Å²) in [5.74, 6) is 5.45. The Hall–Kier alpha value is -0.810.